The molecule has 0 spiro atoms. The Morgan fingerprint density at radius 3 is 2.17 bits per heavy atom. The lowest BCUT2D eigenvalue weighted by molar-refractivity contribution is -0.00898. The Morgan fingerprint density at radius 2 is 1.56 bits per heavy atom. The molecule has 0 amide bonds. The highest BCUT2D eigenvalue weighted by Gasteiger charge is 2.52. The zero-order valence-electron chi connectivity index (χ0n) is 21.4. The van der Waals surface area contributed by atoms with Crippen LogP contribution in [0.1, 0.15) is 65.6 Å². The number of hydrogen-bond acceptors (Lipinski definition) is 6. The maximum atomic E-state index is 13.0. The van der Waals surface area contributed by atoms with Crippen molar-refractivity contribution in [2.75, 3.05) is 27.8 Å². The number of aromatic hydroxyl groups is 1. The molecule has 36 heavy (non-hydrogen) atoms. The van der Waals surface area contributed by atoms with Gasteiger partial charge in [-0.1, -0.05) is 11.6 Å². The Bertz CT molecular complexity index is 1120. The largest absolute Gasteiger partial charge is 0.507 e. The van der Waals surface area contributed by atoms with Crippen LogP contribution in [0, 0.1) is 24.7 Å². The molecule has 0 aliphatic heterocycles. The van der Waals surface area contributed by atoms with E-state index in [0.29, 0.717) is 5.75 Å². The zero-order valence-corrected chi connectivity index (χ0v) is 21.4. The van der Waals surface area contributed by atoms with Gasteiger partial charge in [-0.2, -0.15) is 0 Å². The number of ether oxygens (including phenoxy) is 4. The van der Waals surface area contributed by atoms with Gasteiger partial charge in [-0.3, -0.25) is 4.79 Å². The van der Waals surface area contributed by atoms with Gasteiger partial charge < -0.3 is 24.1 Å². The molecule has 0 unspecified atom stereocenters. The van der Waals surface area contributed by atoms with Crippen molar-refractivity contribution in [3.63, 3.8) is 0 Å². The highest BCUT2D eigenvalue weighted by atomic mass is 16.7. The number of benzene rings is 2. The molecule has 0 aromatic heterocycles. The number of allylic oxidation sites excluding steroid dienone is 1. The molecule has 4 saturated carbocycles. The van der Waals surface area contributed by atoms with Crippen LogP contribution in [0.3, 0.4) is 0 Å². The Labute approximate surface area is 213 Å². The van der Waals surface area contributed by atoms with Gasteiger partial charge in [-0.05, 0) is 99.0 Å². The second-order valence-electron chi connectivity index (χ2n) is 10.9. The summed E-state index contributed by atoms with van der Waals surface area (Å²) in [7, 11) is 3.20. The van der Waals surface area contributed by atoms with Crippen LogP contribution in [0.5, 0.6) is 17.2 Å². The van der Waals surface area contributed by atoms with Crippen LogP contribution in [-0.2, 0) is 14.9 Å². The molecule has 6 rings (SSSR count). The summed E-state index contributed by atoms with van der Waals surface area (Å²) in [6.07, 6.45) is 10.9. The standard InChI is InChI=1S/C30H36O6/c1-19-4-6-26(31)24(8-19)27(32)7-5-23-12-25(29(36-18-34-3)13-28(23)35-17-33-2)30-14-20-9-21(15-30)11-22(10-20)16-30/h4-8,12-13,20-22,31H,9-11,14-18H2,1-3H3/b7-5+. The lowest BCUT2D eigenvalue weighted by Gasteiger charge is -2.57. The molecule has 4 bridgehead atoms. The van der Waals surface area contributed by atoms with E-state index >= 15 is 0 Å². The normalized spacial score (nSPS) is 26.5. The number of methoxy groups -OCH3 is 2. The summed E-state index contributed by atoms with van der Waals surface area (Å²) in [6.45, 7) is 2.13. The minimum absolute atomic E-state index is 0.0244. The third-order valence-corrected chi connectivity index (χ3v) is 8.22. The molecule has 6 nitrogen and oxygen atoms in total. The molecular formula is C30H36O6. The Balaban J connectivity index is 1.55. The Morgan fingerprint density at radius 1 is 0.944 bits per heavy atom. The smallest absolute Gasteiger partial charge is 0.189 e. The molecule has 2 aromatic carbocycles. The minimum atomic E-state index is -0.259. The maximum Gasteiger partial charge on any atom is 0.189 e. The lowest BCUT2D eigenvalue weighted by atomic mass is 9.48. The van der Waals surface area contributed by atoms with Gasteiger partial charge in [0.1, 0.15) is 17.2 Å². The van der Waals surface area contributed by atoms with Gasteiger partial charge >= 0.3 is 0 Å². The fraction of sp³-hybridized carbons (Fsp3) is 0.500. The molecule has 0 atom stereocenters. The highest BCUT2D eigenvalue weighted by Crippen LogP contribution is 2.62. The minimum Gasteiger partial charge on any atom is -0.507 e. The first-order chi connectivity index (χ1) is 17.4. The van der Waals surface area contributed by atoms with E-state index in [1.807, 2.05) is 13.0 Å². The van der Waals surface area contributed by atoms with Gasteiger partial charge in [0.2, 0.25) is 0 Å². The van der Waals surface area contributed by atoms with Gasteiger partial charge in [0, 0.05) is 31.4 Å². The van der Waals surface area contributed by atoms with E-state index < -0.39 is 0 Å². The van der Waals surface area contributed by atoms with E-state index in [4.69, 9.17) is 18.9 Å². The summed E-state index contributed by atoms with van der Waals surface area (Å²) in [6, 6.07) is 9.09. The van der Waals surface area contributed by atoms with Gasteiger partial charge in [0.15, 0.2) is 19.4 Å². The van der Waals surface area contributed by atoms with Gasteiger partial charge in [0.25, 0.3) is 0 Å². The van der Waals surface area contributed by atoms with Crippen LogP contribution in [-0.4, -0.2) is 38.7 Å². The first-order valence-electron chi connectivity index (χ1n) is 12.8. The van der Waals surface area contributed by atoms with Crippen LogP contribution >= 0.6 is 0 Å². The first-order valence-corrected chi connectivity index (χ1v) is 12.8. The fourth-order valence-corrected chi connectivity index (χ4v) is 7.15. The Hall–Kier alpha value is -2.83. The molecule has 0 saturated heterocycles. The van der Waals surface area contributed by atoms with E-state index in [2.05, 4.69) is 6.07 Å². The maximum absolute atomic E-state index is 13.0. The highest BCUT2D eigenvalue weighted by molar-refractivity contribution is 6.08. The fourth-order valence-electron chi connectivity index (χ4n) is 7.15. The molecule has 1 N–H and O–H groups in total. The summed E-state index contributed by atoms with van der Waals surface area (Å²) in [5.74, 6) is 3.41. The quantitative estimate of drug-likeness (QED) is 0.248. The molecule has 2 aromatic rings. The van der Waals surface area contributed by atoms with Crippen LogP contribution in [0.4, 0.5) is 0 Å². The summed E-state index contributed by atoms with van der Waals surface area (Å²) < 4.78 is 22.4. The topological polar surface area (TPSA) is 74.2 Å². The second-order valence-corrected chi connectivity index (χ2v) is 10.9. The van der Waals surface area contributed by atoms with E-state index in [1.54, 1.807) is 38.5 Å². The monoisotopic (exact) mass is 492 g/mol. The molecule has 192 valence electrons. The van der Waals surface area contributed by atoms with Crippen LogP contribution in [0.15, 0.2) is 36.4 Å². The van der Waals surface area contributed by atoms with Crippen molar-refractivity contribution in [1.29, 1.82) is 0 Å². The third kappa shape index (κ3) is 4.89. The number of ketones is 1. The van der Waals surface area contributed by atoms with Crippen molar-refractivity contribution < 1.29 is 28.8 Å². The molecule has 4 aliphatic carbocycles. The number of rotatable bonds is 10. The lowest BCUT2D eigenvalue weighted by Crippen LogP contribution is -2.48. The molecular weight excluding hydrogens is 456 g/mol. The van der Waals surface area contributed by atoms with Crippen LogP contribution in [0.2, 0.25) is 0 Å². The summed E-state index contributed by atoms with van der Waals surface area (Å²) >= 11 is 0. The van der Waals surface area contributed by atoms with Gasteiger partial charge in [0.05, 0.1) is 5.56 Å². The predicted octanol–water partition coefficient (Wildman–Crippen LogP) is 6.03. The van der Waals surface area contributed by atoms with Crippen LogP contribution in [0.25, 0.3) is 6.08 Å². The number of phenolic OH excluding ortho intramolecular Hbond substituents is 1. The van der Waals surface area contributed by atoms with E-state index in [1.165, 1.54) is 50.2 Å². The average molecular weight is 493 g/mol. The molecule has 4 aliphatic rings. The molecule has 0 heterocycles. The predicted molar refractivity (Wildman–Crippen MR) is 138 cm³/mol. The van der Waals surface area contributed by atoms with Crippen molar-refractivity contribution >= 4 is 11.9 Å². The first kappa shape index (κ1) is 24.8. The molecule has 4 fully saturated rings. The summed E-state index contributed by atoms with van der Waals surface area (Å²) in [4.78, 5) is 13.0. The average Bonchev–Trinajstić information content (AvgIpc) is 2.85. The summed E-state index contributed by atoms with van der Waals surface area (Å²) in [5.41, 5.74) is 3.26. The van der Waals surface area contributed by atoms with Gasteiger partial charge in [-0.15, -0.1) is 0 Å². The van der Waals surface area contributed by atoms with E-state index in [9.17, 15) is 9.90 Å². The van der Waals surface area contributed by atoms with Crippen LogP contribution < -0.4 is 9.47 Å². The molecule has 0 radical (unpaired) electrons. The van der Waals surface area contributed by atoms with Crippen molar-refractivity contribution in [2.24, 2.45) is 17.8 Å². The van der Waals surface area contributed by atoms with Crippen molar-refractivity contribution in [2.45, 2.75) is 50.9 Å². The van der Waals surface area contributed by atoms with Crippen molar-refractivity contribution in [1.82, 2.24) is 0 Å². The number of hydrogen-bond donors (Lipinski definition) is 1. The zero-order chi connectivity index (χ0) is 25.3. The molecule has 6 heteroatoms. The number of aryl methyl sites for hydroxylation is 1. The van der Waals surface area contributed by atoms with E-state index in [0.717, 1.165) is 34.6 Å². The summed E-state index contributed by atoms with van der Waals surface area (Å²) in [5, 5.41) is 10.2. The Kier molecular flexibility index (Phi) is 7.09. The van der Waals surface area contributed by atoms with Crippen molar-refractivity contribution in [3.8, 4) is 17.2 Å². The van der Waals surface area contributed by atoms with Crippen molar-refractivity contribution in [3.05, 3.63) is 58.7 Å². The number of phenols is 1. The SMILES string of the molecule is COCOc1cc(OCOC)c(C23CC4CC(CC(C4)C2)C3)cc1/C=C/C(=O)c1cc(C)ccc1O. The number of carbonyl (C=O) groups is 1. The second kappa shape index (κ2) is 10.3. The van der Waals surface area contributed by atoms with E-state index in [-0.39, 0.29) is 36.1 Å². The third-order valence-electron chi connectivity index (χ3n) is 8.22. The van der Waals surface area contributed by atoms with Gasteiger partial charge in [-0.25, -0.2) is 0 Å². The number of carbonyl (C=O) groups excluding carboxylic acids is 1.